The van der Waals surface area contributed by atoms with Crippen molar-refractivity contribution >= 4 is 22.9 Å². The van der Waals surface area contributed by atoms with E-state index < -0.39 is 18.0 Å². The first-order valence-electron chi connectivity index (χ1n) is 10.5. The number of alkyl halides is 2. The lowest BCUT2D eigenvalue weighted by Crippen LogP contribution is -2.14. The zero-order valence-corrected chi connectivity index (χ0v) is 19.3. The second-order valence-corrected chi connectivity index (χ2v) is 8.43. The van der Waals surface area contributed by atoms with Crippen LogP contribution in [0.15, 0.2) is 24.5 Å². The third kappa shape index (κ3) is 7.40. The summed E-state index contributed by atoms with van der Waals surface area (Å²) in [7, 11) is 1.39. The zero-order valence-electron chi connectivity index (χ0n) is 18.5. The molecule has 2 aliphatic carbocycles. The Hall–Kier alpha value is -3.23. The van der Waals surface area contributed by atoms with Crippen molar-refractivity contribution in [1.29, 1.82) is 5.41 Å². The van der Waals surface area contributed by atoms with Gasteiger partial charge in [0.25, 0.3) is 12.3 Å². The molecule has 1 amide bonds. The van der Waals surface area contributed by atoms with Crippen LogP contribution >= 0.6 is 11.9 Å². The van der Waals surface area contributed by atoms with Crippen LogP contribution in [0, 0.1) is 29.1 Å². The lowest BCUT2D eigenvalue weighted by molar-refractivity contribution is 0.100. The van der Waals surface area contributed by atoms with Crippen LogP contribution in [0.5, 0.6) is 11.6 Å². The maximum atomic E-state index is 13.0. The molecule has 4 rings (SSSR count). The number of hydrogen-bond donors (Lipinski definition) is 3. The van der Waals surface area contributed by atoms with Crippen molar-refractivity contribution in [2.75, 3.05) is 13.7 Å². The summed E-state index contributed by atoms with van der Waals surface area (Å²) in [6.45, 7) is 0.526. The highest BCUT2D eigenvalue weighted by Gasteiger charge is 2.23. The van der Waals surface area contributed by atoms with Gasteiger partial charge in [0.05, 0.1) is 25.5 Å². The Kier molecular flexibility index (Phi) is 8.79. The number of carbonyl (C=O) groups excluding carboxylic acids is 1. The normalized spacial score (nSPS) is 14.4. The molecule has 2 aliphatic rings. The molecular weight excluding hydrogens is 464 g/mol. The van der Waals surface area contributed by atoms with Crippen molar-refractivity contribution in [2.24, 2.45) is 22.7 Å². The molecule has 0 aliphatic heterocycles. The van der Waals surface area contributed by atoms with Gasteiger partial charge in [-0.3, -0.25) is 20.3 Å². The average molecular weight is 492 g/mol. The zero-order chi connectivity index (χ0) is 24.7. The van der Waals surface area contributed by atoms with Gasteiger partial charge in [-0.1, -0.05) is 5.92 Å². The summed E-state index contributed by atoms with van der Waals surface area (Å²) in [5.74, 6) is 6.49. The van der Waals surface area contributed by atoms with Crippen LogP contribution in [0.3, 0.4) is 0 Å². The van der Waals surface area contributed by atoms with Gasteiger partial charge in [0.1, 0.15) is 11.4 Å². The Balaban J connectivity index is 0.000000366. The Morgan fingerprint density at radius 1 is 1.26 bits per heavy atom. The molecule has 2 fully saturated rings. The molecule has 0 spiro atoms. The standard InChI is InChI=1S/C17H17F2N3O3.C6H8N2S.H2/c1-24-14-7-21-13(16(18)19)4-11(14)10-5-15(25-8-9-2-3-9)22-6-12(10)17(20)23;7-6(9-8)4-3-5-1-2-5;/h4-7,9,16H,2-3,8H2,1H3,(H2,20,23);5,7H,1-2,8H2;1H. The molecule has 2 heterocycles. The number of primary amides is 1. The Morgan fingerprint density at radius 2 is 2.00 bits per heavy atom. The first kappa shape index (κ1) is 25.4. The third-order valence-corrected chi connectivity index (χ3v) is 5.35. The monoisotopic (exact) mass is 491 g/mol. The predicted molar refractivity (Wildman–Crippen MR) is 128 cm³/mol. The van der Waals surface area contributed by atoms with E-state index in [4.69, 9.17) is 25.8 Å². The quantitative estimate of drug-likeness (QED) is 0.228. The summed E-state index contributed by atoms with van der Waals surface area (Å²) in [6.07, 6.45) is 4.35. The summed E-state index contributed by atoms with van der Waals surface area (Å²) in [5, 5.41) is 12.4. The molecular formula is C23H27F2N5O3S. The van der Waals surface area contributed by atoms with E-state index in [-0.39, 0.29) is 23.3 Å². The highest BCUT2D eigenvalue weighted by molar-refractivity contribution is 8.12. The molecule has 5 N–H and O–H groups in total. The lowest BCUT2D eigenvalue weighted by Gasteiger charge is -2.14. The minimum atomic E-state index is -2.76. The number of ether oxygens (including phenoxy) is 2. The summed E-state index contributed by atoms with van der Waals surface area (Å²) in [6, 6.07) is 2.69. The number of halogens is 2. The van der Waals surface area contributed by atoms with Crippen molar-refractivity contribution in [1.82, 2.24) is 9.97 Å². The van der Waals surface area contributed by atoms with Crippen LogP contribution in [-0.2, 0) is 0 Å². The minimum Gasteiger partial charge on any atom is -0.494 e. The number of pyridine rings is 2. The number of carbonyl (C=O) groups is 1. The Bertz CT molecular complexity index is 1120. The van der Waals surface area contributed by atoms with E-state index in [9.17, 15) is 13.6 Å². The van der Waals surface area contributed by atoms with Crippen molar-refractivity contribution < 1.29 is 24.5 Å². The lowest BCUT2D eigenvalue weighted by atomic mass is 10.0. The molecule has 182 valence electrons. The van der Waals surface area contributed by atoms with Gasteiger partial charge in [0.15, 0.2) is 5.04 Å². The number of amides is 1. The van der Waals surface area contributed by atoms with E-state index in [1.54, 1.807) is 0 Å². The van der Waals surface area contributed by atoms with E-state index in [0.717, 1.165) is 24.8 Å². The molecule has 0 aromatic carbocycles. The molecule has 0 unspecified atom stereocenters. The molecule has 0 bridgehead atoms. The molecule has 0 atom stereocenters. The third-order valence-electron chi connectivity index (χ3n) is 5.02. The largest absolute Gasteiger partial charge is 0.494 e. The van der Waals surface area contributed by atoms with Gasteiger partial charge in [0.2, 0.25) is 5.88 Å². The fourth-order valence-electron chi connectivity index (χ4n) is 2.80. The van der Waals surface area contributed by atoms with Gasteiger partial charge >= 0.3 is 0 Å². The van der Waals surface area contributed by atoms with Gasteiger partial charge in [-0.05, 0) is 55.5 Å². The predicted octanol–water partition coefficient (Wildman–Crippen LogP) is 4.21. The van der Waals surface area contributed by atoms with E-state index >= 15 is 0 Å². The number of hydrogen-bond acceptors (Lipinski definition) is 8. The Morgan fingerprint density at radius 3 is 2.56 bits per heavy atom. The molecule has 11 heteroatoms. The van der Waals surface area contributed by atoms with Gasteiger partial charge in [-0.2, -0.15) is 0 Å². The van der Waals surface area contributed by atoms with Crippen molar-refractivity contribution in [2.45, 2.75) is 32.1 Å². The van der Waals surface area contributed by atoms with Crippen molar-refractivity contribution in [3.63, 3.8) is 0 Å². The van der Waals surface area contributed by atoms with Crippen LogP contribution < -0.4 is 20.3 Å². The summed E-state index contributed by atoms with van der Waals surface area (Å²) < 4.78 is 36.8. The van der Waals surface area contributed by atoms with Crippen LogP contribution in [0.2, 0.25) is 0 Å². The highest BCUT2D eigenvalue weighted by Crippen LogP contribution is 2.36. The molecule has 2 saturated carbocycles. The molecule has 8 nitrogen and oxygen atoms in total. The molecule has 34 heavy (non-hydrogen) atoms. The Labute approximate surface area is 201 Å². The fourth-order valence-corrected chi connectivity index (χ4v) is 2.92. The smallest absolute Gasteiger partial charge is 0.280 e. The van der Waals surface area contributed by atoms with Crippen molar-refractivity contribution in [3.8, 4) is 34.6 Å². The van der Waals surface area contributed by atoms with Gasteiger partial charge in [-0.25, -0.2) is 13.8 Å². The van der Waals surface area contributed by atoms with E-state index in [1.807, 2.05) is 0 Å². The van der Waals surface area contributed by atoms with Crippen molar-refractivity contribution in [3.05, 3.63) is 35.8 Å². The summed E-state index contributed by atoms with van der Waals surface area (Å²) in [4.78, 5) is 19.5. The first-order valence-corrected chi connectivity index (χ1v) is 11.4. The number of rotatable bonds is 7. The second-order valence-electron chi connectivity index (χ2n) is 7.79. The second kappa shape index (κ2) is 11.8. The van der Waals surface area contributed by atoms with Gasteiger partial charge in [-0.15, -0.1) is 0 Å². The number of nitrogens with zero attached hydrogens (tertiary/aromatic N) is 2. The van der Waals surface area contributed by atoms with E-state index in [0.29, 0.717) is 29.9 Å². The molecule has 0 radical (unpaired) electrons. The highest BCUT2D eigenvalue weighted by atomic mass is 32.2. The molecule has 2 aromatic rings. The van der Waals surface area contributed by atoms with Crippen LogP contribution in [-0.4, -0.2) is 34.6 Å². The summed E-state index contributed by atoms with van der Waals surface area (Å²) in [5.41, 5.74) is 5.65. The average Bonchev–Trinajstić information content (AvgIpc) is 3.76. The number of methoxy groups -OCH3 is 1. The first-order chi connectivity index (χ1) is 16.3. The topological polar surface area (TPSA) is 137 Å². The van der Waals surface area contributed by atoms with E-state index in [1.165, 1.54) is 44.5 Å². The maximum Gasteiger partial charge on any atom is 0.280 e. The summed E-state index contributed by atoms with van der Waals surface area (Å²) >= 11 is 0.904. The number of nitrogens with two attached hydrogens (primary N) is 2. The molecule has 2 aromatic heterocycles. The van der Waals surface area contributed by atoms with Crippen LogP contribution in [0.4, 0.5) is 8.78 Å². The van der Waals surface area contributed by atoms with Gasteiger partial charge < -0.3 is 15.2 Å². The SMILES string of the molecule is COc1cnc(C(F)F)cc1-c1cc(OCC2CC2)ncc1C(N)=O.N=C(C#CC1CC1)SN.[HH]. The van der Waals surface area contributed by atoms with Gasteiger partial charge in [0, 0.05) is 30.7 Å². The number of nitrogens with one attached hydrogen (secondary N) is 1. The van der Waals surface area contributed by atoms with E-state index in [2.05, 4.69) is 21.8 Å². The maximum absolute atomic E-state index is 13.0. The van der Waals surface area contributed by atoms with Crippen LogP contribution in [0.1, 0.15) is 49.6 Å². The fraction of sp³-hybridized carbons (Fsp3) is 0.391. The number of aromatic nitrogens is 2. The van der Waals surface area contributed by atoms with Crippen LogP contribution in [0.25, 0.3) is 11.1 Å². The minimum absolute atomic E-state index is 0. The molecule has 0 saturated heterocycles.